The fourth-order valence-electron chi connectivity index (χ4n) is 4.31. The van der Waals surface area contributed by atoms with Gasteiger partial charge in [-0.25, -0.2) is 4.79 Å². The summed E-state index contributed by atoms with van der Waals surface area (Å²) in [7, 11) is 0. The van der Waals surface area contributed by atoms with Crippen LogP contribution in [-0.2, 0) is 16.1 Å². The van der Waals surface area contributed by atoms with Crippen molar-refractivity contribution in [2.75, 3.05) is 0 Å². The maximum Gasteiger partial charge on any atom is 0.343 e. The van der Waals surface area contributed by atoms with Gasteiger partial charge in [-0.2, -0.15) is 0 Å². The van der Waals surface area contributed by atoms with E-state index in [-0.39, 0.29) is 17.9 Å². The van der Waals surface area contributed by atoms with Crippen molar-refractivity contribution in [1.29, 1.82) is 0 Å². The van der Waals surface area contributed by atoms with Crippen LogP contribution in [0.2, 0.25) is 5.02 Å². The first kappa shape index (κ1) is 19.0. The molecule has 4 rings (SSSR count). The number of halogens is 1. The molecule has 0 unspecified atom stereocenters. The Morgan fingerprint density at radius 3 is 2.57 bits per heavy atom. The summed E-state index contributed by atoms with van der Waals surface area (Å²) in [5.74, 6) is -0.431. The van der Waals surface area contributed by atoms with E-state index in [4.69, 9.17) is 16.3 Å². The number of hydrogen-bond acceptors (Lipinski definition) is 4. The first-order valence-corrected chi connectivity index (χ1v) is 10.0. The summed E-state index contributed by atoms with van der Waals surface area (Å²) in [6, 6.07) is 11.2. The Kier molecular flexibility index (Phi) is 4.94. The maximum atomic E-state index is 12.6. The van der Waals surface area contributed by atoms with Gasteiger partial charge in [-0.3, -0.25) is 0 Å². The highest BCUT2D eigenvalue weighted by atomic mass is 35.5. The van der Waals surface area contributed by atoms with Crippen molar-refractivity contribution in [3.05, 3.63) is 63.9 Å². The Bertz CT molecular complexity index is 971. The molecule has 2 N–H and O–H groups in total. The van der Waals surface area contributed by atoms with E-state index >= 15 is 0 Å². The summed E-state index contributed by atoms with van der Waals surface area (Å²) < 4.78 is 5.68. The summed E-state index contributed by atoms with van der Waals surface area (Å²) in [6.07, 6.45) is 4.28. The average Bonchev–Trinajstić information content (AvgIpc) is 2.93. The number of aliphatic hydroxyl groups is 2. The molecule has 1 saturated carbocycles. The van der Waals surface area contributed by atoms with Gasteiger partial charge in [0.25, 0.3) is 0 Å². The number of rotatable bonds is 3. The van der Waals surface area contributed by atoms with E-state index in [1.165, 1.54) is 0 Å². The number of esters is 1. The lowest BCUT2D eigenvalue weighted by Crippen LogP contribution is -2.34. The lowest BCUT2D eigenvalue weighted by molar-refractivity contribution is -0.149. The second-order valence-corrected chi connectivity index (χ2v) is 8.08. The largest absolute Gasteiger partial charge is 0.507 e. The van der Waals surface area contributed by atoms with Gasteiger partial charge in [0.05, 0.1) is 6.61 Å². The second-order valence-electron chi connectivity index (χ2n) is 7.67. The number of ether oxygens (including phenoxy) is 1. The third-order valence-corrected chi connectivity index (χ3v) is 6.14. The first-order valence-electron chi connectivity index (χ1n) is 9.63. The Hall–Kier alpha value is -2.30. The molecule has 5 heteroatoms. The van der Waals surface area contributed by atoms with E-state index in [1.807, 2.05) is 37.3 Å². The molecule has 1 fully saturated rings. The Balaban J connectivity index is 1.79. The molecule has 1 aliphatic heterocycles. The molecule has 0 radical (unpaired) electrons. The van der Waals surface area contributed by atoms with Crippen molar-refractivity contribution in [1.82, 2.24) is 0 Å². The van der Waals surface area contributed by atoms with Crippen LogP contribution in [0.4, 0.5) is 0 Å². The smallest absolute Gasteiger partial charge is 0.343 e. The van der Waals surface area contributed by atoms with Gasteiger partial charge in [0.2, 0.25) is 0 Å². The Morgan fingerprint density at radius 1 is 1.11 bits per heavy atom. The molecular formula is C23H23ClO4. The molecule has 146 valence electrons. The highest BCUT2D eigenvalue weighted by molar-refractivity contribution is 6.34. The van der Waals surface area contributed by atoms with Crippen molar-refractivity contribution < 1.29 is 19.7 Å². The summed E-state index contributed by atoms with van der Waals surface area (Å²) >= 11 is 6.56. The quantitative estimate of drug-likeness (QED) is 0.685. The zero-order valence-corrected chi connectivity index (χ0v) is 16.6. The number of aryl methyl sites for hydroxylation is 1. The molecule has 28 heavy (non-hydrogen) atoms. The Morgan fingerprint density at radius 2 is 1.86 bits per heavy atom. The van der Waals surface area contributed by atoms with E-state index in [1.54, 1.807) is 6.07 Å². The molecule has 0 saturated heterocycles. The van der Waals surface area contributed by atoms with Crippen LogP contribution in [-0.4, -0.2) is 21.8 Å². The highest BCUT2D eigenvalue weighted by Gasteiger charge is 2.49. The number of carbonyl (C=O) groups excluding carboxylic acids is 1. The highest BCUT2D eigenvalue weighted by Crippen LogP contribution is 2.46. The third kappa shape index (κ3) is 3.11. The third-order valence-electron chi connectivity index (χ3n) is 5.83. The van der Waals surface area contributed by atoms with Crippen LogP contribution in [0.1, 0.15) is 48.8 Å². The lowest BCUT2D eigenvalue weighted by atomic mass is 9.82. The molecule has 2 aromatic carbocycles. The van der Waals surface area contributed by atoms with Crippen molar-refractivity contribution in [2.45, 2.75) is 51.2 Å². The van der Waals surface area contributed by atoms with Gasteiger partial charge in [-0.05, 0) is 73.1 Å². The molecule has 1 aliphatic carbocycles. The van der Waals surface area contributed by atoms with Gasteiger partial charge in [-0.15, -0.1) is 0 Å². The van der Waals surface area contributed by atoms with Gasteiger partial charge >= 0.3 is 5.97 Å². The standard InChI is InChI=1S/C23H23ClO4/c1-14-10-18(16-7-5-6-15(11-16)13-25)19(24)12-17(14)20-21(26)23(28-22(20)27)8-3-2-4-9-23/h5-7,10-12,25-26H,2-4,8-9,13H2,1H3. The predicted molar refractivity (Wildman–Crippen MR) is 109 cm³/mol. The normalized spacial score (nSPS) is 18.6. The molecule has 0 aromatic heterocycles. The molecule has 1 heterocycles. The van der Waals surface area contributed by atoms with Gasteiger partial charge < -0.3 is 14.9 Å². The zero-order chi connectivity index (χ0) is 19.9. The summed E-state index contributed by atoms with van der Waals surface area (Å²) in [4.78, 5) is 12.6. The summed E-state index contributed by atoms with van der Waals surface area (Å²) in [6.45, 7) is 1.85. The first-order chi connectivity index (χ1) is 13.4. The van der Waals surface area contributed by atoms with E-state index < -0.39 is 11.6 Å². The Labute approximate surface area is 169 Å². The van der Waals surface area contributed by atoms with E-state index in [0.717, 1.165) is 41.5 Å². The minimum atomic E-state index is -0.863. The molecule has 0 amide bonds. The van der Waals surface area contributed by atoms with Crippen LogP contribution in [0.25, 0.3) is 16.7 Å². The average molecular weight is 399 g/mol. The van der Waals surface area contributed by atoms with Crippen LogP contribution < -0.4 is 0 Å². The summed E-state index contributed by atoms with van der Waals surface area (Å²) in [5.41, 5.74) is 3.32. The fraction of sp³-hybridized carbons (Fsp3) is 0.348. The number of hydrogen-bond donors (Lipinski definition) is 2. The molecule has 2 aromatic rings. The van der Waals surface area contributed by atoms with E-state index in [2.05, 4.69) is 0 Å². The number of aliphatic hydroxyl groups excluding tert-OH is 2. The lowest BCUT2D eigenvalue weighted by Gasteiger charge is -2.31. The van der Waals surface area contributed by atoms with Crippen molar-refractivity contribution >= 4 is 23.1 Å². The minimum Gasteiger partial charge on any atom is -0.507 e. The second kappa shape index (κ2) is 7.26. The molecular weight excluding hydrogens is 376 g/mol. The SMILES string of the molecule is Cc1cc(-c2cccc(CO)c2)c(Cl)cc1C1=C(O)C2(CCCCC2)OC1=O. The monoisotopic (exact) mass is 398 g/mol. The molecule has 4 nitrogen and oxygen atoms in total. The topological polar surface area (TPSA) is 66.8 Å². The van der Waals surface area contributed by atoms with Crippen LogP contribution in [0.15, 0.2) is 42.2 Å². The van der Waals surface area contributed by atoms with Crippen LogP contribution in [0.5, 0.6) is 0 Å². The maximum absolute atomic E-state index is 12.6. The molecule has 0 bridgehead atoms. The molecule has 2 aliphatic rings. The number of carbonyl (C=O) groups is 1. The van der Waals surface area contributed by atoms with Gasteiger partial charge in [0.15, 0.2) is 11.4 Å². The summed E-state index contributed by atoms with van der Waals surface area (Å²) in [5, 5.41) is 20.8. The zero-order valence-electron chi connectivity index (χ0n) is 15.8. The van der Waals surface area contributed by atoms with Gasteiger partial charge in [0, 0.05) is 10.6 Å². The van der Waals surface area contributed by atoms with Gasteiger partial charge in [0.1, 0.15) is 5.57 Å². The predicted octanol–water partition coefficient (Wildman–Crippen LogP) is 5.34. The minimum absolute atomic E-state index is 0.0444. The van der Waals surface area contributed by atoms with Crippen LogP contribution in [0.3, 0.4) is 0 Å². The fourth-order valence-corrected chi connectivity index (χ4v) is 4.58. The van der Waals surface area contributed by atoms with Gasteiger partial charge in [-0.1, -0.05) is 36.2 Å². The molecule has 1 spiro atoms. The van der Waals surface area contributed by atoms with Crippen molar-refractivity contribution in [3.8, 4) is 11.1 Å². The van der Waals surface area contributed by atoms with E-state index in [0.29, 0.717) is 23.4 Å². The van der Waals surface area contributed by atoms with Crippen LogP contribution >= 0.6 is 11.6 Å². The number of benzene rings is 2. The van der Waals surface area contributed by atoms with Crippen molar-refractivity contribution in [3.63, 3.8) is 0 Å². The van der Waals surface area contributed by atoms with Crippen molar-refractivity contribution in [2.24, 2.45) is 0 Å². The van der Waals surface area contributed by atoms with Crippen LogP contribution in [0, 0.1) is 6.92 Å². The molecule has 0 atom stereocenters. The van der Waals surface area contributed by atoms with E-state index in [9.17, 15) is 15.0 Å².